The Bertz CT molecular complexity index is 979. The van der Waals surface area contributed by atoms with Gasteiger partial charge in [0.15, 0.2) is 16.8 Å². The molecule has 0 aliphatic carbocycles. The number of rotatable bonds is 8. The van der Waals surface area contributed by atoms with Crippen LogP contribution >= 0.6 is 23.1 Å². The van der Waals surface area contributed by atoms with Crippen molar-refractivity contribution in [2.45, 2.75) is 44.6 Å². The lowest BCUT2D eigenvalue weighted by Crippen LogP contribution is -2.18. The summed E-state index contributed by atoms with van der Waals surface area (Å²) in [4.78, 5) is 25.7. The Labute approximate surface area is 178 Å². The Hall–Kier alpha value is -2.45. The molecule has 3 aromatic rings. The van der Waals surface area contributed by atoms with Gasteiger partial charge in [0.1, 0.15) is 0 Å². The SMILES string of the molecule is CCn1c(SC(C)C(=O)c2ccc(NC(=O)C(C)C)cc2)nnc1-c1cccs1. The summed E-state index contributed by atoms with van der Waals surface area (Å²) < 4.78 is 2.03. The van der Waals surface area contributed by atoms with Crippen molar-refractivity contribution >= 4 is 40.5 Å². The second kappa shape index (κ2) is 9.37. The van der Waals surface area contributed by atoms with E-state index in [0.717, 1.165) is 22.4 Å². The molecule has 0 bridgehead atoms. The molecule has 0 spiro atoms. The van der Waals surface area contributed by atoms with Gasteiger partial charge < -0.3 is 9.88 Å². The highest BCUT2D eigenvalue weighted by atomic mass is 32.2. The quantitative estimate of drug-likeness (QED) is 0.404. The molecule has 2 aromatic heterocycles. The van der Waals surface area contributed by atoms with E-state index in [1.165, 1.54) is 11.8 Å². The first-order valence-corrected chi connectivity index (χ1v) is 11.3. The maximum Gasteiger partial charge on any atom is 0.226 e. The van der Waals surface area contributed by atoms with Crippen molar-refractivity contribution < 1.29 is 9.59 Å². The van der Waals surface area contributed by atoms with Crippen LogP contribution in [0.5, 0.6) is 0 Å². The number of Topliss-reactive ketones (excluding diaryl/α,β-unsaturated/α-hetero) is 1. The molecule has 2 heterocycles. The predicted octanol–water partition coefficient (Wildman–Crippen LogP) is 4.98. The highest BCUT2D eigenvalue weighted by Crippen LogP contribution is 2.30. The summed E-state index contributed by atoms with van der Waals surface area (Å²) in [6, 6.07) is 11.0. The molecular weight excluding hydrogens is 404 g/mol. The summed E-state index contributed by atoms with van der Waals surface area (Å²) in [6.45, 7) is 8.33. The van der Waals surface area contributed by atoms with E-state index in [4.69, 9.17) is 0 Å². The number of aromatic nitrogens is 3. The van der Waals surface area contributed by atoms with Crippen LogP contribution < -0.4 is 5.32 Å². The van der Waals surface area contributed by atoms with Crippen LogP contribution in [0.1, 0.15) is 38.1 Å². The Morgan fingerprint density at radius 3 is 2.45 bits per heavy atom. The molecule has 0 aliphatic rings. The van der Waals surface area contributed by atoms with Gasteiger partial charge in [0.05, 0.1) is 10.1 Å². The summed E-state index contributed by atoms with van der Waals surface area (Å²) in [5, 5.41) is 13.9. The minimum atomic E-state index is -0.309. The Balaban J connectivity index is 1.70. The number of hydrogen-bond donors (Lipinski definition) is 1. The molecule has 0 radical (unpaired) electrons. The van der Waals surface area contributed by atoms with Crippen molar-refractivity contribution in [3.63, 3.8) is 0 Å². The minimum absolute atomic E-state index is 0.0139. The predicted molar refractivity (Wildman–Crippen MR) is 119 cm³/mol. The molecule has 0 saturated carbocycles. The monoisotopic (exact) mass is 428 g/mol. The fraction of sp³-hybridized carbons (Fsp3) is 0.333. The van der Waals surface area contributed by atoms with E-state index in [9.17, 15) is 9.59 Å². The van der Waals surface area contributed by atoms with E-state index in [-0.39, 0.29) is 22.9 Å². The smallest absolute Gasteiger partial charge is 0.226 e. The molecule has 152 valence electrons. The largest absolute Gasteiger partial charge is 0.326 e. The maximum absolute atomic E-state index is 12.9. The first-order valence-electron chi connectivity index (χ1n) is 9.49. The summed E-state index contributed by atoms with van der Waals surface area (Å²) in [5.41, 5.74) is 1.29. The van der Waals surface area contributed by atoms with E-state index >= 15 is 0 Å². The number of nitrogens with zero attached hydrogens (tertiary/aromatic N) is 3. The number of thiophene rings is 1. The minimum Gasteiger partial charge on any atom is -0.326 e. The van der Waals surface area contributed by atoms with Gasteiger partial charge >= 0.3 is 0 Å². The average Bonchev–Trinajstić information content (AvgIpc) is 3.37. The zero-order chi connectivity index (χ0) is 21.0. The number of amides is 1. The van der Waals surface area contributed by atoms with Crippen LogP contribution in [0.3, 0.4) is 0 Å². The van der Waals surface area contributed by atoms with E-state index in [1.54, 1.807) is 35.6 Å². The zero-order valence-electron chi connectivity index (χ0n) is 16.9. The van der Waals surface area contributed by atoms with Gasteiger partial charge in [-0.1, -0.05) is 31.7 Å². The Morgan fingerprint density at radius 2 is 1.86 bits per heavy atom. The molecule has 3 rings (SSSR count). The molecule has 1 unspecified atom stereocenters. The second-order valence-corrected chi connectivity index (χ2v) is 9.13. The van der Waals surface area contributed by atoms with E-state index in [2.05, 4.69) is 15.5 Å². The van der Waals surface area contributed by atoms with Gasteiger partial charge in [-0.3, -0.25) is 9.59 Å². The molecule has 29 heavy (non-hydrogen) atoms. The topological polar surface area (TPSA) is 76.9 Å². The van der Waals surface area contributed by atoms with Gasteiger partial charge in [0, 0.05) is 23.7 Å². The van der Waals surface area contributed by atoms with Crippen molar-refractivity contribution in [2.75, 3.05) is 5.32 Å². The van der Waals surface area contributed by atoms with Crippen LogP contribution in [0.2, 0.25) is 0 Å². The van der Waals surface area contributed by atoms with Crippen LogP contribution in [0, 0.1) is 5.92 Å². The third-order valence-electron chi connectivity index (χ3n) is 4.39. The Morgan fingerprint density at radius 1 is 1.14 bits per heavy atom. The number of ketones is 1. The molecule has 1 aromatic carbocycles. The zero-order valence-corrected chi connectivity index (χ0v) is 18.5. The van der Waals surface area contributed by atoms with Crippen molar-refractivity contribution in [1.29, 1.82) is 0 Å². The molecule has 0 aliphatic heterocycles. The van der Waals surface area contributed by atoms with Gasteiger partial charge in [-0.25, -0.2) is 0 Å². The number of nitrogens with one attached hydrogen (secondary N) is 1. The van der Waals surface area contributed by atoms with Crippen LogP contribution in [0.15, 0.2) is 46.9 Å². The molecule has 1 amide bonds. The maximum atomic E-state index is 12.9. The van der Waals surface area contributed by atoms with E-state index < -0.39 is 0 Å². The summed E-state index contributed by atoms with van der Waals surface area (Å²) in [7, 11) is 0. The van der Waals surface area contributed by atoms with Gasteiger partial charge in [0.2, 0.25) is 5.91 Å². The van der Waals surface area contributed by atoms with Crippen LogP contribution in [0.4, 0.5) is 5.69 Å². The number of carbonyl (C=O) groups is 2. The summed E-state index contributed by atoms with van der Waals surface area (Å²) in [6.07, 6.45) is 0. The molecule has 6 nitrogen and oxygen atoms in total. The molecule has 0 fully saturated rings. The fourth-order valence-corrected chi connectivity index (χ4v) is 4.41. The lowest BCUT2D eigenvalue weighted by molar-refractivity contribution is -0.118. The summed E-state index contributed by atoms with van der Waals surface area (Å²) in [5.74, 6) is 0.700. The molecule has 8 heteroatoms. The first-order chi connectivity index (χ1) is 13.9. The lowest BCUT2D eigenvalue weighted by atomic mass is 10.1. The van der Waals surface area contributed by atoms with Crippen molar-refractivity contribution in [3.8, 4) is 10.7 Å². The number of anilines is 1. The molecule has 1 atom stereocenters. The number of hydrogen-bond acceptors (Lipinski definition) is 6. The first kappa shape index (κ1) is 21.3. The number of carbonyl (C=O) groups excluding carboxylic acids is 2. The molecule has 0 saturated heterocycles. The third-order valence-corrected chi connectivity index (χ3v) is 6.33. The second-order valence-electron chi connectivity index (χ2n) is 6.87. The number of benzene rings is 1. The fourth-order valence-electron chi connectivity index (χ4n) is 2.70. The Kier molecular flexibility index (Phi) is 6.87. The van der Waals surface area contributed by atoms with Gasteiger partial charge in [-0.2, -0.15) is 0 Å². The van der Waals surface area contributed by atoms with E-state index in [0.29, 0.717) is 11.3 Å². The average molecular weight is 429 g/mol. The summed E-state index contributed by atoms with van der Waals surface area (Å²) >= 11 is 3.03. The third kappa shape index (κ3) is 4.94. The van der Waals surface area contributed by atoms with Crippen LogP contribution in [-0.2, 0) is 11.3 Å². The van der Waals surface area contributed by atoms with Crippen molar-refractivity contribution in [1.82, 2.24) is 14.8 Å². The van der Waals surface area contributed by atoms with Crippen molar-refractivity contribution in [3.05, 3.63) is 47.3 Å². The molecule has 1 N–H and O–H groups in total. The highest BCUT2D eigenvalue weighted by molar-refractivity contribution is 8.00. The standard InChI is InChI=1S/C21H24N4O2S2/c1-5-25-19(17-7-6-12-28-17)23-24-21(25)29-14(4)18(26)15-8-10-16(11-9-15)22-20(27)13(2)3/h6-14H,5H2,1-4H3,(H,22,27). The van der Waals surface area contributed by atoms with Gasteiger partial charge in [-0.05, 0) is 49.6 Å². The van der Waals surface area contributed by atoms with Crippen LogP contribution in [0.25, 0.3) is 10.7 Å². The van der Waals surface area contributed by atoms with E-state index in [1.807, 2.05) is 49.8 Å². The number of thioether (sulfide) groups is 1. The lowest BCUT2D eigenvalue weighted by Gasteiger charge is -2.12. The normalized spacial score (nSPS) is 12.2. The highest BCUT2D eigenvalue weighted by Gasteiger charge is 2.21. The van der Waals surface area contributed by atoms with Gasteiger partial charge in [0.25, 0.3) is 0 Å². The van der Waals surface area contributed by atoms with Gasteiger partial charge in [-0.15, -0.1) is 21.5 Å². The van der Waals surface area contributed by atoms with Crippen molar-refractivity contribution in [2.24, 2.45) is 5.92 Å². The van der Waals surface area contributed by atoms with Crippen LogP contribution in [-0.4, -0.2) is 31.7 Å². The molecular formula is C21H24N4O2S2.